The van der Waals surface area contributed by atoms with E-state index in [1.807, 2.05) is 24.3 Å². The van der Waals surface area contributed by atoms with Crippen molar-refractivity contribution in [2.75, 3.05) is 6.61 Å². The van der Waals surface area contributed by atoms with Gasteiger partial charge in [0.15, 0.2) is 0 Å². The molecule has 0 saturated heterocycles. The smallest absolute Gasteiger partial charge is 0.211 e. The van der Waals surface area contributed by atoms with Crippen molar-refractivity contribution in [1.82, 2.24) is 0 Å². The molecule has 3 rings (SSSR count). The van der Waals surface area contributed by atoms with Crippen LogP contribution in [0.25, 0.3) is 0 Å². The zero-order chi connectivity index (χ0) is 11.0. The molecule has 86 valence electrons. The van der Waals surface area contributed by atoms with E-state index in [9.17, 15) is 5.11 Å². The number of fused-ring (bicyclic) bond motifs is 1. The summed E-state index contributed by atoms with van der Waals surface area (Å²) >= 11 is 0. The number of aliphatic hydroxyl groups is 1. The van der Waals surface area contributed by atoms with Gasteiger partial charge in [-0.25, -0.2) is 0 Å². The van der Waals surface area contributed by atoms with E-state index in [4.69, 9.17) is 9.47 Å². The molecule has 0 bridgehead atoms. The highest BCUT2D eigenvalue weighted by atomic mass is 16.7. The van der Waals surface area contributed by atoms with Gasteiger partial charge < -0.3 is 14.6 Å². The molecule has 3 heteroatoms. The van der Waals surface area contributed by atoms with Crippen molar-refractivity contribution in [3.8, 4) is 5.75 Å². The summed E-state index contributed by atoms with van der Waals surface area (Å²) < 4.78 is 11.9. The Bertz CT molecular complexity index is 383. The van der Waals surface area contributed by atoms with Crippen LogP contribution in [0.2, 0.25) is 0 Å². The normalized spacial score (nSPS) is 26.4. The van der Waals surface area contributed by atoms with E-state index in [0.29, 0.717) is 0 Å². The van der Waals surface area contributed by atoms with E-state index in [2.05, 4.69) is 0 Å². The van der Waals surface area contributed by atoms with E-state index in [1.165, 1.54) is 0 Å². The first-order valence-electron chi connectivity index (χ1n) is 5.90. The van der Waals surface area contributed by atoms with Crippen LogP contribution in [-0.4, -0.2) is 17.5 Å². The third-order valence-electron chi connectivity index (χ3n) is 3.45. The second kappa shape index (κ2) is 3.75. The molecule has 0 radical (unpaired) electrons. The van der Waals surface area contributed by atoms with E-state index in [0.717, 1.165) is 37.0 Å². The van der Waals surface area contributed by atoms with Gasteiger partial charge in [0.25, 0.3) is 0 Å². The molecule has 2 aliphatic rings. The maximum Gasteiger partial charge on any atom is 0.211 e. The molecule has 0 unspecified atom stereocenters. The van der Waals surface area contributed by atoms with Gasteiger partial charge in [0.2, 0.25) is 5.79 Å². The fourth-order valence-corrected chi connectivity index (χ4v) is 2.66. The molecule has 1 aliphatic carbocycles. The number of hydrogen-bond donors (Lipinski definition) is 1. The quantitative estimate of drug-likeness (QED) is 0.789. The Kier molecular flexibility index (Phi) is 2.37. The number of aliphatic hydroxyl groups excluding tert-OH is 1. The summed E-state index contributed by atoms with van der Waals surface area (Å²) in [6.45, 7) is 0.0160. The molecule has 1 aromatic carbocycles. The lowest BCUT2D eigenvalue weighted by Crippen LogP contribution is -2.41. The lowest BCUT2D eigenvalue weighted by Gasteiger charge is -2.39. The third kappa shape index (κ3) is 1.51. The molecule has 16 heavy (non-hydrogen) atoms. The van der Waals surface area contributed by atoms with Crippen LogP contribution < -0.4 is 4.74 Å². The van der Waals surface area contributed by atoms with Crippen molar-refractivity contribution in [2.45, 2.75) is 37.6 Å². The molecular formula is C13H16O3. The van der Waals surface area contributed by atoms with Gasteiger partial charge in [-0.15, -0.1) is 0 Å². The summed E-state index contributed by atoms with van der Waals surface area (Å²) in [6.07, 6.45) is 3.90. The monoisotopic (exact) mass is 220 g/mol. The van der Waals surface area contributed by atoms with Crippen molar-refractivity contribution >= 4 is 0 Å². The number of para-hydroxylation sites is 1. The molecule has 0 aromatic heterocycles. The van der Waals surface area contributed by atoms with Crippen LogP contribution in [-0.2, 0) is 4.74 Å². The highest BCUT2D eigenvalue weighted by molar-refractivity contribution is 5.37. The van der Waals surface area contributed by atoms with Crippen LogP contribution in [0.4, 0.5) is 0 Å². The van der Waals surface area contributed by atoms with E-state index in [1.54, 1.807) is 0 Å². The molecule has 3 nitrogen and oxygen atoms in total. The summed E-state index contributed by atoms with van der Waals surface area (Å²) in [5.74, 6) is 0.400. The lowest BCUT2D eigenvalue weighted by atomic mass is 10.1. The first kappa shape index (κ1) is 10.1. The Balaban J connectivity index is 1.98. The average molecular weight is 220 g/mol. The van der Waals surface area contributed by atoms with Crippen molar-refractivity contribution in [3.63, 3.8) is 0 Å². The lowest BCUT2D eigenvalue weighted by molar-refractivity contribution is -0.232. The van der Waals surface area contributed by atoms with Gasteiger partial charge in [-0.3, -0.25) is 0 Å². The van der Waals surface area contributed by atoms with Crippen molar-refractivity contribution < 1.29 is 14.6 Å². The molecule has 0 amide bonds. The number of rotatable bonds is 1. The summed E-state index contributed by atoms with van der Waals surface area (Å²) in [6, 6.07) is 7.82. The van der Waals surface area contributed by atoms with Gasteiger partial charge in [0.05, 0.1) is 6.61 Å². The highest BCUT2D eigenvalue weighted by Gasteiger charge is 2.43. The summed E-state index contributed by atoms with van der Waals surface area (Å²) in [5.41, 5.74) is 0.961. The molecule has 1 N–H and O–H groups in total. The number of ether oxygens (including phenoxy) is 2. The van der Waals surface area contributed by atoms with Gasteiger partial charge in [-0.2, -0.15) is 0 Å². The van der Waals surface area contributed by atoms with E-state index < -0.39 is 5.79 Å². The van der Waals surface area contributed by atoms with Gasteiger partial charge >= 0.3 is 0 Å². The molecule has 1 saturated carbocycles. The predicted molar refractivity (Wildman–Crippen MR) is 59.2 cm³/mol. The summed E-state index contributed by atoms with van der Waals surface area (Å²) in [7, 11) is 0. The minimum atomic E-state index is -0.470. The van der Waals surface area contributed by atoms with Crippen molar-refractivity contribution in [1.29, 1.82) is 0 Å². The molecule has 1 heterocycles. The fourth-order valence-electron chi connectivity index (χ4n) is 2.66. The summed E-state index contributed by atoms with van der Waals surface area (Å²) in [5, 5.41) is 9.40. The van der Waals surface area contributed by atoms with Crippen LogP contribution in [0.3, 0.4) is 0 Å². The largest absolute Gasteiger partial charge is 0.462 e. The van der Waals surface area contributed by atoms with Crippen molar-refractivity contribution in [2.24, 2.45) is 0 Å². The second-order valence-corrected chi connectivity index (χ2v) is 4.55. The Hall–Kier alpha value is -1.06. The number of benzene rings is 1. The second-order valence-electron chi connectivity index (χ2n) is 4.55. The van der Waals surface area contributed by atoms with Crippen LogP contribution in [0, 0.1) is 0 Å². The van der Waals surface area contributed by atoms with Gasteiger partial charge in [-0.05, 0) is 18.9 Å². The van der Waals surface area contributed by atoms with E-state index in [-0.39, 0.29) is 12.7 Å². The maximum absolute atomic E-state index is 9.40. The van der Waals surface area contributed by atoms with E-state index >= 15 is 0 Å². The first-order valence-corrected chi connectivity index (χ1v) is 5.90. The zero-order valence-corrected chi connectivity index (χ0v) is 9.19. The highest BCUT2D eigenvalue weighted by Crippen LogP contribution is 2.45. The molecule has 1 aliphatic heterocycles. The van der Waals surface area contributed by atoms with Crippen LogP contribution in [0.1, 0.15) is 37.4 Å². The molecular weight excluding hydrogens is 204 g/mol. The first-order chi connectivity index (χ1) is 7.83. The Morgan fingerprint density at radius 3 is 2.75 bits per heavy atom. The molecule has 1 fully saturated rings. The fraction of sp³-hybridized carbons (Fsp3) is 0.538. The van der Waals surface area contributed by atoms with Crippen LogP contribution in [0.15, 0.2) is 24.3 Å². The minimum Gasteiger partial charge on any atom is -0.462 e. The average Bonchev–Trinajstić information content (AvgIpc) is 2.76. The third-order valence-corrected chi connectivity index (χ3v) is 3.45. The topological polar surface area (TPSA) is 38.7 Å². The van der Waals surface area contributed by atoms with Gasteiger partial charge in [0, 0.05) is 18.4 Å². The zero-order valence-electron chi connectivity index (χ0n) is 9.19. The predicted octanol–water partition coefficient (Wildman–Crippen LogP) is 2.40. The minimum absolute atomic E-state index is 0.0160. The maximum atomic E-state index is 9.40. The Morgan fingerprint density at radius 1 is 1.25 bits per heavy atom. The summed E-state index contributed by atoms with van der Waals surface area (Å²) in [4.78, 5) is 0. The Morgan fingerprint density at radius 2 is 2.00 bits per heavy atom. The SMILES string of the molecule is OC[C@@H]1OC2(CCCC2)Oc2ccccc21. The molecule has 1 spiro atoms. The van der Waals surface area contributed by atoms with Crippen molar-refractivity contribution in [3.05, 3.63) is 29.8 Å². The Labute approximate surface area is 95.0 Å². The van der Waals surface area contributed by atoms with Gasteiger partial charge in [-0.1, -0.05) is 18.2 Å². The van der Waals surface area contributed by atoms with Crippen LogP contribution in [0.5, 0.6) is 5.75 Å². The van der Waals surface area contributed by atoms with Gasteiger partial charge in [0.1, 0.15) is 11.9 Å². The number of hydrogen-bond acceptors (Lipinski definition) is 3. The molecule has 1 aromatic rings. The van der Waals surface area contributed by atoms with Crippen LogP contribution >= 0.6 is 0 Å². The standard InChI is InChI=1S/C13H16O3/c14-9-12-10-5-1-2-6-11(10)15-13(16-12)7-3-4-8-13/h1-2,5-6,12,14H,3-4,7-9H2/t12-/m0/s1. The molecule has 1 atom stereocenters.